The van der Waals surface area contributed by atoms with Crippen LogP contribution in [0, 0.1) is 0 Å². The average Bonchev–Trinajstić information content (AvgIpc) is 2.43. The molecule has 1 aliphatic carbocycles. The maximum absolute atomic E-state index is 5.79. The number of halogens is 1. The molecule has 78 valence electrons. The summed E-state index contributed by atoms with van der Waals surface area (Å²) in [6.07, 6.45) is 3.97. The van der Waals surface area contributed by atoms with Crippen molar-refractivity contribution in [1.29, 1.82) is 0 Å². The summed E-state index contributed by atoms with van der Waals surface area (Å²) in [6.45, 7) is 0. The lowest BCUT2D eigenvalue weighted by Gasteiger charge is -2.24. The van der Waals surface area contributed by atoms with Crippen molar-refractivity contribution >= 4 is 32.5 Å². The fourth-order valence-electron chi connectivity index (χ4n) is 2.18. The molecular formula is C12H13BrN2. The van der Waals surface area contributed by atoms with Crippen molar-refractivity contribution in [3.63, 3.8) is 0 Å². The van der Waals surface area contributed by atoms with Gasteiger partial charge in [0.1, 0.15) is 0 Å². The quantitative estimate of drug-likeness (QED) is 0.757. The Bertz CT molecular complexity index is 512. The highest BCUT2D eigenvalue weighted by Gasteiger charge is 2.24. The number of nitrogens with one attached hydrogen (secondary N) is 1. The van der Waals surface area contributed by atoms with E-state index in [1.165, 1.54) is 40.3 Å². The normalized spacial score (nSPS) is 16.9. The topological polar surface area (TPSA) is 41.8 Å². The zero-order chi connectivity index (χ0) is 10.4. The summed E-state index contributed by atoms with van der Waals surface area (Å²) in [4.78, 5) is 3.49. The Balaban J connectivity index is 2.19. The van der Waals surface area contributed by atoms with Gasteiger partial charge in [0.15, 0.2) is 0 Å². The van der Waals surface area contributed by atoms with Gasteiger partial charge in [-0.05, 0) is 47.0 Å². The molecule has 0 amide bonds. The van der Waals surface area contributed by atoms with Crippen molar-refractivity contribution in [3.05, 3.63) is 28.4 Å². The van der Waals surface area contributed by atoms with Crippen LogP contribution < -0.4 is 5.73 Å². The summed E-state index contributed by atoms with van der Waals surface area (Å²) < 4.78 is 1.20. The second-order valence-corrected chi connectivity index (χ2v) is 5.08. The second-order valence-electron chi connectivity index (χ2n) is 4.29. The largest absolute Gasteiger partial charge is 0.399 e. The molecule has 3 heteroatoms. The SMILES string of the molecule is Nc1ccc2[nH]c(C3CCC3)c(Br)c2c1. The minimum Gasteiger partial charge on any atom is -0.399 e. The molecule has 1 aliphatic rings. The first-order chi connectivity index (χ1) is 7.25. The van der Waals surface area contributed by atoms with Gasteiger partial charge in [0, 0.05) is 32.7 Å². The van der Waals surface area contributed by atoms with Gasteiger partial charge in [-0.3, -0.25) is 0 Å². The van der Waals surface area contributed by atoms with Crippen LogP contribution in [0.15, 0.2) is 22.7 Å². The Morgan fingerprint density at radius 3 is 2.80 bits per heavy atom. The van der Waals surface area contributed by atoms with Crippen LogP contribution in [-0.2, 0) is 0 Å². The number of hydrogen-bond acceptors (Lipinski definition) is 1. The van der Waals surface area contributed by atoms with E-state index >= 15 is 0 Å². The summed E-state index contributed by atoms with van der Waals surface area (Å²) in [6, 6.07) is 6.02. The van der Waals surface area contributed by atoms with Gasteiger partial charge in [0.05, 0.1) is 0 Å². The zero-order valence-corrected chi connectivity index (χ0v) is 9.97. The Morgan fingerprint density at radius 2 is 2.13 bits per heavy atom. The molecule has 0 atom stereocenters. The molecule has 1 aromatic heterocycles. The standard InChI is InChI=1S/C12H13BrN2/c13-11-9-6-8(14)4-5-10(9)15-12(11)7-2-1-3-7/h4-7,15H,1-3,14H2. The molecule has 1 heterocycles. The predicted molar refractivity (Wildman–Crippen MR) is 67.0 cm³/mol. The fraction of sp³-hybridized carbons (Fsp3) is 0.333. The number of hydrogen-bond donors (Lipinski definition) is 2. The Hall–Kier alpha value is -0.960. The highest BCUT2D eigenvalue weighted by Crippen LogP contribution is 2.42. The van der Waals surface area contributed by atoms with Gasteiger partial charge in [-0.2, -0.15) is 0 Å². The molecule has 3 N–H and O–H groups in total. The molecule has 3 rings (SSSR count). The molecule has 2 aromatic rings. The molecule has 0 bridgehead atoms. The lowest BCUT2D eigenvalue weighted by molar-refractivity contribution is 0.412. The number of fused-ring (bicyclic) bond motifs is 1. The van der Waals surface area contributed by atoms with Crippen LogP contribution in [0.2, 0.25) is 0 Å². The van der Waals surface area contributed by atoms with Gasteiger partial charge in [0.25, 0.3) is 0 Å². The molecule has 15 heavy (non-hydrogen) atoms. The number of aromatic amines is 1. The van der Waals surface area contributed by atoms with Crippen molar-refractivity contribution in [2.75, 3.05) is 5.73 Å². The van der Waals surface area contributed by atoms with Gasteiger partial charge >= 0.3 is 0 Å². The minimum absolute atomic E-state index is 0.716. The number of aromatic nitrogens is 1. The van der Waals surface area contributed by atoms with Crippen LogP contribution in [0.5, 0.6) is 0 Å². The second kappa shape index (κ2) is 3.27. The number of anilines is 1. The van der Waals surface area contributed by atoms with Crippen molar-refractivity contribution in [2.24, 2.45) is 0 Å². The van der Waals surface area contributed by atoms with Crippen LogP contribution in [-0.4, -0.2) is 4.98 Å². The Kier molecular flexibility index (Phi) is 2.02. The molecule has 0 radical (unpaired) electrons. The van der Waals surface area contributed by atoms with Crippen molar-refractivity contribution in [2.45, 2.75) is 25.2 Å². The van der Waals surface area contributed by atoms with E-state index in [-0.39, 0.29) is 0 Å². The van der Waals surface area contributed by atoms with Gasteiger partial charge < -0.3 is 10.7 Å². The van der Waals surface area contributed by atoms with E-state index in [0.29, 0.717) is 5.92 Å². The lowest BCUT2D eigenvalue weighted by Crippen LogP contribution is -2.09. The summed E-state index contributed by atoms with van der Waals surface area (Å²) in [5.74, 6) is 0.716. The van der Waals surface area contributed by atoms with Crippen LogP contribution in [0.3, 0.4) is 0 Å². The molecule has 1 saturated carbocycles. The van der Waals surface area contributed by atoms with Crippen molar-refractivity contribution < 1.29 is 0 Å². The van der Waals surface area contributed by atoms with Crippen LogP contribution >= 0.6 is 15.9 Å². The van der Waals surface area contributed by atoms with Gasteiger partial charge in [-0.1, -0.05) is 6.42 Å². The maximum atomic E-state index is 5.79. The third-order valence-corrected chi connectivity index (χ3v) is 4.15. The molecule has 1 aromatic carbocycles. The number of H-pyrrole nitrogens is 1. The van der Waals surface area contributed by atoms with Gasteiger partial charge in [0.2, 0.25) is 0 Å². The van der Waals surface area contributed by atoms with E-state index in [9.17, 15) is 0 Å². The van der Waals surface area contributed by atoms with E-state index in [1.54, 1.807) is 0 Å². The third-order valence-electron chi connectivity index (χ3n) is 3.30. The van der Waals surface area contributed by atoms with E-state index in [2.05, 4.69) is 27.0 Å². The first-order valence-corrected chi connectivity index (χ1v) is 6.11. The Labute approximate surface area is 97.0 Å². The van der Waals surface area contributed by atoms with Gasteiger partial charge in [-0.25, -0.2) is 0 Å². The predicted octanol–water partition coefficient (Wildman–Crippen LogP) is 3.78. The fourth-order valence-corrected chi connectivity index (χ4v) is 2.93. The number of nitrogen functional groups attached to an aromatic ring is 1. The van der Waals surface area contributed by atoms with Crippen LogP contribution in [0.25, 0.3) is 10.9 Å². The van der Waals surface area contributed by atoms with E-state index < -0.39 is 0 Å². The minimum atomic E-state index is 0.716. The summed E-state index contributed by atoms with van der Waals surface area (Å²) in [7, 11) is 0. The third kappa shape index (κ3) is 1.37. The van der Waals surface area contributed by atoms with Crippen LogP contribution in [0.1, 0.15) is 30.9 Å². The number of rotatable bonds is 1. The molecule has 1 fully saturated rings. The lowest BCUT2D eigenvalue weighted by atomic mass is 9.83. The van der Waals surface area contributed by atoms with Crippen molar-refractivity contribution in [1.82, 2.24) is 4.98 Å². The van der Waals surface area contributed by atoms with Gasteiger partial charge in [-0.15, -0.1) is 0 Å². The molecular weight excluding hydrogens is 252 g/mol. The zero-order valence-electron chi connectivity index (χ0n) is 8.39. The van der Waals surface area contributed by atoms with E-state index in [1.807, 2.05) is 12.1 Å². The summed E-state index contributed by atoms with van der Waals surface area (Å²) in [5.41, 5.74) is 9.14. The van der Waals surface area contributed by atoms with E-state index in [4.69, 9.17) is 5.73 Å². The highest BCUT2D eigenvalue weighted by molar-refractivity contribution is 9.10. The monoisotopic (exact) mass is 264 g/mol. The van der Waals surface area contributed by atoms with Crippen molar-refractivity contribution in [3.8, 4) is 0 Å². The first kappa shape index (κ1) is 9.28. The average molecular weight is 265 g/mol. The number of benzene rings is 1. The number of nitrogens with two attached hydrogens (primary N) is 1. The van der Waals surface area contributed by atoms with Crippen LogP contribution in [0.4, 0.5) is 5.69 Å². The smallest absolute Gasteiger partial charge is 0.0469 e. The maximum Gasteiger partial charge on any atom is 0.0469 e. The summed E-state index contributed by atoms with van der Waals surface area (Å²) in [5, 5.41) is 1.21. The highest BCUT2D eigenvalue weighted by atomic mass is 79.9. The Morgan fingerprint density at radius 1 is 1.33 bits per heavy atom. The molecule has 0 unspecified atom stereocenters. The molecule has 0 saturated heterocycles. The molecule has 0 aliphatic heterocycles. The van der Waals surface area contributed by atoms with E-state index in [0.717, 1.165) is 5.69 Å². The molecule has 0 spiro atoms. The molecule has 2 nitrogen and oxygen atoms in total. The first-order valence-electron chi connectivity index (χ1n) is 5.32. The summed E-state index contributed by atoms with van der Waals surface area (Å²) >= 11 is 3.67.